The van der Waals surface area contributed by atoms with Crippen molar-refractivity contribution < 1.29 is 9.90 Å². The summed E-state index contributed by atoms with van der Waals surface area (Å²) in [6.07, 6.45) is 16.6. The number of hydrogen-bond acceptors (Lipinski definition) is 1. The molecule has 0 aliphatic carbocycles. The highest BCUT2D eigenvalue weighted by Gasteiger charge is 1.88. The average Bonchev–Trinajstić information content (AvgIpc) is 2.25. The molecule has 2 nitrogen and oxygen atoms in total. The average molecular weight is 224 g/mol. The molecule has 0 aromatic rings. The van der Waals surface area contributed by atoms with Crippen LogP contribution in [0.15, 0.2) is 24.3 Å². The van der Waals surface area contributed by atoms with E-state index >= 15 is 0 Å². The third-order valence-electron chi connectivity index (χ3n) is 2.35. The van der Waals surface area contributed by atoms with E-state index < -0.39 is 5.97 Å². The molecule has 1 N–H and O–H groups in total. The third-order valence-corrected chi connectivity index (χ3v) is 2.35. The molecule has 2 heteroatoms. The molecule has 0 radical (unpaired) electrons. The van der Waals surface area contributed by atoms with Gasteiger partial charge in [-0.25, -0.2) is 0 Å². The fourth-order valence-corrected chi connectivity index (χ4v) is 1.42. The summed E-state index contributed by atoms with van der Waals surface area (Å²) in [5.74, 6) is -0.761. The maximum Gasteiger partial charge on any atom is 0.307 e. The predicted molar refractivity (Wildman–Crippen MR) is 68.5 cm³/mol. The Morgan fingerprint density at radius 2 is 1.56 bits per heavy atom. The van der Waals surface area contributed by atoms with E-state index in [0.29, 0.717) is 0 Å². The van der Waals surface area contributed by atoms with Gasteiger partial charge in [-0.05, 0) is 25.7 Å². The summed E-state index contributed by atoms with van der Waals surface area (Å²) in [5.41, 5.74) is 0. The molecule has 0 bridgehead atoms. The minimum absolute atomic E-state index is 0.140. The summed E-state index contributed by atoms with van der Waals surface area (Å²) < 4.78 is 0. The first kappa shape index (κ1) is 14.9. The zero-order valence-corrected chi connectivity index (χ0v) is 10.3. The Morgan fingerprint density at radius 3 is 2.19 bits per heavy atom. The molecule has 0 saturated heterocycles. The van der Waals surface area contributed by atoms with Crippen LogP contribution in [-0.2, 0) is 4.79 Å². The van der Waals surface area contributed by atoms with Crippen LogP contribution in [0.3, 0.4) is 0 Å². The number of allylic oxidation sites excluding steroid dienone is 3. The second kappa shape index (κ2) is 12.0. The normalized spacial score (nSPS) is 11.6. The van der Waals surface area contributed by atoms with Crippen LogP contribution in [0.1, 0.15) is 58.3 Å². The largest absolute Gasteiger partial charge is 0.481 e. The van der Waals surface area contributed by atoms with Crippen LogP contribution in [0.2, 0.25) is 0 Å². The van der Waals surface area contributed by atoms with Crippen molar-refractivity contribution in [3.63, 3.8) is 0 Å². The van der Waals surface area contributed by atoms with Gasteiger partial charge in [-0.1, -0.05) is 50.5 Å². The van der Waals surface area contributed by atoms with Crippen molar-refractivity contribution >= 4 is 5.97 Å². The van der Waals surface area contributed by atoms with Crippen molar-refractivity contribution in [3.8, 4) is 0 Å². The van der Waals surface area contributed by atoms with Crippen molar-refractivity contribution in [1.82, 2.24) is 0 Å². The number of hydrogen-bond donors (Lipinski definition) is 1. The molecule has 92 valence electrons. The summed E-state index contributed by atoms with van der Waals surface area (Å²) in [6.45, 7) is 2.22. The lowest BCUT2D eigenvalue weighted by molar-refractivity contribution is -0.136. The molecular formula is C14H24O2. The van der Waals surface area contributed by atoms with Gasteiger partial charge in [0, 0.05) is 0 Å². The molecule has 0 aliphatic rings. The molecule has 0 fully saturated rings. The van der Waals surface area contributed by atoms with Gasteiger partial charge in [0.05, 0.1) is 6.42 Å². The molecule has 0 aromatic heterocycles. The van der Waals surface area contributed by atoms with E-state index in [2.05, 4.69) is 19.1 Å². The van der Waals surface area contributed by atoms with Crippen LogP contribution < -0.4 is 0 Å². The summed E-state index contributed by atoms with van der Waals surface area (Å²) in [7, 11) is 0. The summed E-state index contributed by atoms with van der Waals surface area (Å²) in [6, 6.07) is 0. The quantitative estimate of drug-likeness (QED) is 0.443. The van der Waals surface area contributed by atoms with Gasteiger partial charge in [0.25, 0.3) is 0 Å². The maximum atomic E-state index is 10.2. The van der Waals surface area contributed by atoms with Gasteiger partial charge in [0.15, 0.2) is 0 Å². The van der Waals surface area contributed by atoms with Gasteiger partial charge in [-0.15, -0.1) is 0 Å². The predicted octanol–water partition coefficient (Wildman–Crippen LogP) is 4.32. The number of carbonyl (C=O) groups is 1. The molecule has 0 spiro atoms. The lowest BCUT2D eigenvalue weighted by Gasteiger charge is -1.93. The van der Waals surface area contributed by atoms with Crippen LogP contribution in [0.25, 0.3) is 0 Å². The Balaban J connectivity index is 3.21. The zero-order valence-electron chi connectivity index (χ0n) is 10.3. The standard InChI is InChI=1S/C14H24O2/c1-2-3-4-5-6-7-8-9-10-11-12-13-14(15)16/h7-8,11-12H,2-6,9-10,13H2,1H3,(H,15,16)/b8-7-,12-11+. The number of aliphatic carboxylic acids is 1. The van der Waals surface area contributed by atoms with E-state index in [1.54, 1.807) is 6.08 Å². The van der Waals surface area contributed by atoms with E-state index in [9.17, 15) is 4.79 Å². The van der Waals surface area contributed by atoms with Gasteiger partial charge < -0.3 is 5.11 Å². The fraction of sp³-hybridized carbons (Fsp3) is 0.643. The van der Waals surface area contributed by atoms with Crippen LogP contribution in [0.4, 0.5) is 0 Å². The number of unbranched alkanes of at least 4 members (excludes halogenated alkanes) is 5. The Kier molecular flexibility index (Phi) is 11.2. The molecular weight excluding hydrogens is 200 g/mol. The first-order valence-electron chi connectivity index (χ1n) is 6.29. The molecule has 0 unspecified atom stereocenters. The van der Waals surface area contributed by atoms with E-state index in [-0.39, 0.29) is 6.42 Å². The van der Waals surface area contributed by atoms with Gasteiger partial charge in [0.2, 0.25) is 0 Å². The van der Waals surface area contributed by atoms with Gasteiger partial charge in [-0.3, -0.25) is 4.79 Å². The Labute approximate surface area is 99.1 Å². The molecule has 0 aromatic carbocycles. The number of rotatable bonds is 10. The monoisotopic (exact) mass is 224 g/mol. The van der Waals surface area contributed by atoms with Crippen LogP contribution in [0, 0.1) is 0 Å². The number of carboxylic acid groups (broad SMARTS) is 1. The molecule has 0 heterocycles. The highest BCUT2D eigenvalue weighted by atomic mass is 16.4. The Hall–Kier alpha value is -1.05. The highest BCUT2D eigenvalue weighted by molar-refractivity contribution is 5.68. The second-order valence-corrected chi connectivity index (χ2v) is 3.97. The Bertz CT molecular complexity index is 217. The van der Waals surface area contributed by atoms with Crippen LogP contribution >= 0.6 is 0 Å². The van der Waals surface area contributed by atoms with Gasteiger partial charge >= 0.3 is 5.97 Å². The van der Waals surface area contributed by atoms with Crippen molar-refractivity contribution in [2.24, 2.45) is 0 Å². The Morgan fingerprint density at radius 1 is 0.938 bits per heavy atom. The minimum atomic E-state index is -0.761. The van der Waals surface area contributed by atoms with E-state index in [1.807, 2.05) is 6.08 Å². The SMILES string of the molecule is CCCCCC/C=C\CC/C=C/CC(=O)O. The molecule has 16 heavy (non-hydrogen) atoms. The van der Waals surface area contributed by atoms with E-state index in [1.165, 1.54) is 32.1 Å². The fourth-order valence-electron chi connectivity index (χ4n) is 1.42. The summed E-state index contributed by atoms with van der Waals surface area (Å²) in [4.78, 5) is 10.2. The topological polar surface area (TPSA) is 37.3 Å². The lowest BCUT2D eigenvalue weighted by Crippen LogP contribution is -1.89. The molecule has 0 aliphatic heterocycles. The zero-order chi connectivity index (χ0) is 12.1. The van der Waals surface area contributed by atoms with Crippen LogP contribution in [-0.4, -0.2) is 11.1 Å². The van der Waals surface area contributed by atoms with Gasteiger partial charge in [-0.2, -0.15) is 0 Å². The highest BCUT2D eigenvalue weighted by Crippen LogP contribution is 2.04. The van der Waals surface area contributed by atoms with Gasteiger partial charge in [0.1, 0.15) is 0 Å². The summed E-state index contributed by atoms with van der Waals surface area (Å²) >= 11 is 0. The van der Waals surface area contributed by atoms with Crippen LogP contribution in [0.5, 0.6) is 0 Å². The lowest BCUT2D eigenvalue weighted by atomic mass is 10.1. The van der Waals surface area contributed by atoms with Crippen molar-refractivity contribution in [1.29, 1.82) is 0 Å². The maximum absolute atomic E-state index is 10.2. The second-order valence-electron chi connectivity index (χ2n) is 3.97. The molecule has 0 rings (SSSR count). The first-order chi connectivity index (χ1) is 7.77. The summed E-state index contributed by atoms with van der Waals surface area (Å²) in [5, 5.41) is 8.39. The van der Waals surface area contributed by atoms with Crippen molar-refractivity contribution in [2.45, 2.75) is 58.3 Å². The van der Waals surface area contributed by atoms with E-state index in [4.69, 9.17) is 5.11 Å². The smallest absolute Gasteiger partial charge is 0.307 e. The molecule has 0 saturated carbocycles. The van der Waals surface area contributed by atoms with Crippen molar-refractivity contribution in [3.05, 3.63) is 24.3 Å². The van der Waals surface area contributed by atoms with Crippen molar-refractivity contribution in [2.75, 3.05) is 0 Å². The van der Waals surface area contributed by atoms with E-state index in [0.717, 1.165) is 12.8 Å². The first-order valence-corrected chi connectivity index (χ1v) is 6.29. The molecule has 0 amide bonds. The third kappa shape index (κ3) is 12.9. The molecule has 0 atom stereocenters. The minimum Gasteiger partial charge on any atom is -0.481 e. The number of carboxylic acids is 1.